The van der Waals surface area contributed by atoms with E-state index in [4.69, 9.17) is 9.47 Å². The smallest absolute Gasteiger partial charge is 0.317 e. The number of carbonyl (C=O) groups is 2. The first-order chi connectivity index (χ1) is 12.0. The molecule has 0 spiro atoms. The summed E-state index contributed by atoms with van der Waals surface area (Å²) in [5.41, 5.74) is 3.22. The van der Waals surface area contributed by atoms with Crippen molar-refractivity contribution in [1.29, 1.82) is 0 Å². The van der Waals surface area contributed by atoms with Gasteiger partial charge in [0, 0.05) is 25.3 Å². The number of anilines is 1. The molecule has 2 fully saturated rings. The molecule has 3 rings (SSSR count). The molecule has 0 aromatic heterocycles. The summed E-state index contributed by atoms with van der Waals surface area (Å²) in [7, 11) is 0. The molecule has 25 heavy (non-hydrogen) atoms. The maximum absolute atomic E-state index is 12.2. The molecule has 0 saturated carbocycles. The van der Waals surface area contributed by atoms with Crippen LogP contribution in [0, 0.1) is 13.8 Å². The van der Waals surface area contributed by atoms with Crippen LogP contribution in [-0.2, 0) is 14.3 Å². The zero-order valence-corrected chi connectivity index (χ0v) is 14.8. The van der Waals surface area contributed by atoms with Crippen molar-refractivity contribution in [3.05, 3.63) is 29.3 Å². The van der Waals surface area contributed by atoms with Crippen molar-refractivity contribution in [2.45, 2.75) is 20.0 Å². The van der Waals surface area contributed by atoms with E-state index in [1.807, 2.05) is 32.0 Å². The van der Waals surface area contributed by atoms with Crippen molar-refractivity contribution in [2.24, 2.45) is 0 Å². The first kappa shape index (κ1) is 17.7. The fourth-order valence-corrected chi connectivity index (χ4v) is 2.97. The average molecular weight is 347 g/mol. The fraction of sp³-hybridized carbons (Fsp3) is 0.556. The van der Waals surface area contributed by atoms with Crippen LogP contribution in [0.3, 0.4) is 0 Å². The molecule has 0 radical (unpaired) electrons. The standard InChI is InChI=1S/C18H25N3O4/c1-13-3-4-15(9-14(13)2)21-11-16(25-12-17(21)22)10-19-18(23)20-5-7-24-8-6-20/h3-4,9,16H,5-8,10-12H2,1-2H3,(H,19,23). The summed E-state index contributed by atoms with van der Waals surface area (Å²) in [6.07, 6.45) is -0.218. The van der Waals surface area contributed by atoms with Crippen LogP contribution in [0.2, 0.25) is 0 Å². The molecule has 2 aliphatic heterocycles. The van der Waals surface area contributed by atoms with Gasteiger partial charge in [0.2, 0.25) is 0 Å². The van der Waals surface area contributed by atoms with Gasteiger partial charge < -0.3 is 24.6 Å². The topological polar surface area (TPSA) is 71.1 Å². The normalized spacial score (nSPS) is 21.4. The molecule has 1 unspecified atom stereocenters. The lowest BCUT2D eigenvalue weighted by atomic mass is 10.1. The molecule has 2 heterocycles. The number of hydrogen-bond acceptors (Lipinski definition) is 4. The summed E-state index contributed by atoms with van der Waals surface area (Å²) < 4.78 is 10.8. The van der Waals surface area contributed by atoms with Crippen molar-refractivity contribution in [2.75, 3.05) is 50.9 Å². The zero-order valence-electron chi connectivity index (χ0n) is 14.8. The third kappa shape index (κ3) is 4.29. The number of carbonyl (C=O) groups excluding carboxylic acids is 2. The Morgan fingerprint density at radius 3 is 2.72 bits per heavy atom. The molecular weight excluding hydrogens is 322 g/mol. The zero-order chi connectivity index (χ0) is 17.8. The first-order valence-electron chi connectivity index (χ1n) is 8.64. The van der Waals surface area contributed by atoms with Crippen molar-refractivity contribution >= 4 is 17.6 Å². The summed E-state index contributed by atoms with van der Waals surface area (Å²) >= 11 is 0. The number of morpholine rings is 2. The van der Waals surface area contributed by atoms with E-state index >= 15 is 0 Å². The predicted molar refractivity (Wildman–Crippen MR) is 93.8 cm³/mol. The Kier molecular flexibility index (Phi) is 5.55. The highest BCUT2D eigenvalue weighted by molar-refractivity contribution is 5.95. The van der Waals surface area contributed by atoms with E-state index in [0.717, 1.165) is 11.3 Å². The van der Waals surface area contributed by atoms with Gasteiger partial charge in [0.05, 0.1) is 25.9 Å². The summed E-state index contributed by atoms with van der Waals surface area (Å²) in [4.78, 5) is 27.8. The lowest BCUT2D eigenvalue weighted by molar-refractivity contribution is -0.129. The van der Waals surface area contributed by atoms with Gasteiger partial charge in [-0.25, -0.2) is 4.79 Å². The van der Waals surface area contributed by atoms with Crippen LogP contribution in [0.1, 0.15) is 11.1 Å². The van der Waals surface area contributed by atoms with Crippen LogP contribution in [-0.4, -0.2) is 68.9 Å². The van der Waals surface area contributed by atoms with Gasteiger partial charge in [0.25, 0.3) is 5.91 Å². The van der Waals surface area contributed by atoms with Gasteiger partial charge in [-0.3, -0.25) is 4.79 Å². The third-order valence-corrected chi connectivity index (χ3v) is 4.71. The third-order valence-electron chi connectivity index (χ3n) is 4.71. The summed E-state index contributed by atoms with van der Waals surface area (Å²) in [6.45, 7) is 7.27. The van der Waals surface area contributed by atoms with Crippen LogP contribution >= 0.6 is 0 Å². The average Bonchev–Trinajstić information content (AvgIpc) is 2.64. The highest BCUT2D eigenvalue weighted by Crippen LogP contribution is 2.21. The number of ether oxygens (including phenoxy) is 2. The number of nitrogens with zero attached hydrogens (tertiary/aromatic N) is 2. The number of aryl methyl sites for hydroxylation is 2. The van der Waals surface area contributed by atoms with Crippen molar-refractivity contribution in [3.63, 3.8) is 0 Å². The molecule has 0 bridgehead atoms. The predicted octanol–water partition coefficient (Wildman–Crippen LogP) is 1.08. The minimum atomic E-state index is -0.218. The van der Waals surface area contributed by atoms with Gasteiger partial charge in [-0.1, -0.05) is 6.07 Å². The number of rotatable bonds is 3. The highest BCUT2D eigenvalue weighted by atomic mass is 16.5. The van der Waals surface area contributed by atoms with Crippen LogP contribution in [0.4, 0.5) is 10.5 Å². The van der Waals surface area contributed by atoms with Gasteiger partial charge in [-0.15, -0.1) is 0 Å². The second kappa shape index (κ2) is 7.84. The van der Waals surface area contributed by atoms with E-state index < -0.39 is 0 Å². The lowest BCUT2D eigenvalue weighted by Gasteiger charge is -2.34. The molecule has 7 heteroatoms. The monoisotopic (exact) mass is 347 g/mol. The molecule has 2 saturated heterocycles. The molecule has 1 aromatic carbocycles. The Morgan fingerprint density at radius 2 is 2.00 bits per heavy atom. The van der Waals surface area contributed by atoms with E-state index in [2.05, 4.69) is 5.32 Å². The Morgan fingerprint density at radius 1 is 1.24 bits per heavy atom. The summed E-state index contributed by atoms with van der Waals surface area (Å²) in [5.74, 6) is -0.0565. The maximum atomic E-state index is 12.2. The quantitative estimate of drug-likeness (QED) is 0.888. The van der Waals surface area contributed by atoms with Crippen LogP contribution < -0.4 is 10.2 Å². The Bertz CT molecular complexity index is 643. The number of nitrogens with one attached hydrogen (secondary N) is 1. The molecule has 1 N–H and O–H groups in total. The Labute approximate surface area is 147 Å². The van der Waals surface area contributed by atoms with Gasteiger partial charge in [-0.2, -0.15) is 0 Å². The number of amides is 3. The summed E-state index contributed by atoms with van der Waals surface area (Å²) in [5, 5.41) is 2.90. The first-order valence-corrected chi connectivity index (χ1v) is 8.64. The number of benzene rings is 1. The highest BCUT2D eigenvalue weighted by Gasteiger charge is 2.28. The number of hydrogen-bond donors (Lipinski definition) is 1. The molecule has 136 valence electrons. The SMILES string of the molecule is Cc1ccc(N2CC(CNC(=O)N3CCOCC3)OCC2=O)cc1C. The Hall–Kier alpha value is -2.12. The van der Waals surface area contributed by atoms with Gasteiger partial charge >= 0.3 is 6.03 Å². The van der Waals surface area contributed by atoms with Crippen LogP contribution in [0.15, 0.2) is 18.2 Å². The second-order valence-electron chi connectivity index (χ2n) is 6.49. The molecule has 0 aliphatic carbocycles. The second-order valence-corrected chi connectivity index (χ2v) is 6.49. The van der Waals surface area contributed by atoms with Crippen molar-refractivity contribution in [1.82, 2.24) is 10.2 Å². The lowest BCUT2D eigenvalue weighted by Crippen LogP contribution is -2.53. The summed E-state index contributed by atoms with van der Waals surface area (Å²) in [6, 6.07) is 5.88. The molecule has 3 amide bonds. The van der Waals surface area contributed by atoms with E-state index in [1.165, 1.54) is 5.56 Å². The van der Waals surface area contributed by atoms with E-state index in [1.54, 1.807) is 9.80 Å². The molecule has 1 aromatic rings. The molecule has 2 aliphatic rings. The fourth-order valence-electron chi connectivity index (χ4n) is 2.97. The Balaban J connectivity index is 1.57. The van der Waals surface area contributed by atoms with Crippen molar-refractivity contribution < 1.29 is 19.1 Å². The van der Waals surface area contributed by atoms with Gasteiger partial charge in [0.15, 0.2) is 0 Å². The van der Waals surface area contributed by atoms with Gasteiger partial charge in [0.1, 0.15) is 6.61 Å². The van der Waals surface area contributed by atoms with Crippen LogP contribution in [0.5, 0.6) is 0 Å². The van der Waals surface area contributed by atoms with Crippen LogP contribution in [0.25, 0.3) is 0 Å². The molecular formula is C18H25N3O4. The minimum Gasteiger partial charge on any atom is -0.378 e. The molecule has 7 nitrogen and oxygen atoms in total. The maximum Gasteiger partial charge on any atom is 0.317 e. The van der Waals surface area contributed by atoms with Crippen molar-refractivity contribution in [3.8, 4) is 0 Å². The van der Waals surface area contributed by atoms with E-state index in [0.29, 0.717) is 39.4 Å². The van der Waals surface area contributed by atoms with E-state index in [9.17, 15) is 9.59 Å². The van der Waals surface area contributed by atoms with E-state index in [-0.39, 0.29) is 24.6 Å². The largest absolute Gasteiger partial charge is 0.378 e. The minimum absolute atomic E-state index is 0.0328. The molecule has 1 atom stereocenters. The van der Waals surface area contributed by atoms with Gasteiger partial charge in [-0.05, 0) is 37.1 Å². The number of urea groups is 1.